The molecule has 0 saturated carbocycles. The highest BCUT2D eigenvalue weighted by molar-refractivity contribution is 5.94. The van der Waals surface area contributed by atoms with Crippen molar-refractivity contribution >= 4 is 11.0 Å². The maximum absolute atomic E-state index is 5.58. The van der Waals surface area contributed by atoms with E-state index in [-0.39, 0.29) is 0 Å². The molecule has 0 fully saturated rings. The first-order chi connectivity index (χ1) is 8.24. The van der Waals surface area contributed by atoms with Crippen LogP contribution in [0.3, 0.4) is 0 Å². The Morgan fingerprint density at radius 1 is 1.06 bits per heavy atom. The molecule has 2 nitrogen and oxygen atoms in total. The second kappa shape index (κ2) is 3.74. The van der Waals surface area contributed by atoms with Gasteiger partial charge in [0, 0.05) is 23.1 Å². The second-order valence-corrected chi connectivity index (χ2v) is 4.40. The van der Waals surface area contributed by atoms with Crippen LogP contribution in [0.4, 0.5) is 0 Å². The summed E-state index contributed by atoms with van der Waals surface area (Å²) in [7, 11) is 2.02. The molecule has 0 aliphatic rings. The lowest BCUT2D eigenvalue weighted by Gasteiger charge is -1.97. The van der Waals surface area contributed by atoms with Gasteiger partial charge < -0.3 is 4.42 Å². The molecule has 0 amide bonds. The normalized spacial score (nSPS) is 10.9. The number of nitrogens with zero attached hydrogens (tertiary/aromatic N) is 1. The number of pyridine rings is 1. The summed E-state index contributed by atoms with van der Waals surface area (Å²) in [4.78, 5) is 0. The fourth-order valence-corrected chi connectivity index (χ4v) is 2.05. The number of aryl methyl sites for hydroxylation is 2. The van der Waals surface area contributed by atoms with Crippen LogP contribution >= 0.6 is 0 Å². The van der Waals surface area contributed by atoms with Crippen molar-refractivity contribution in [3.63, 3.8) is 0 Å². The number of fused-ring (bicyclic) bond motifs is 1. The molecular weight excluding hydrogens is 210 g/mol. The second-order valence-electron chi connectivity index (χ2n) is 4.40. The molecule has 3 rings (SSSR count). The van der Waals surface area contributed by atoms with Crippen molar-refractivity contribution < 1.29 is 8.98 Å². The van der Waals surface area contributed by atoms with Crippen molar-refractivity contribution in [2.24, 2.45) is 7.05 Å². The van der Waals surface area contributed by atoms with E-state index in [1.165, 1.54) is 16.5 Å². The largest absolute Gasteiger partial charge is 0.464 e. The highest BCUT2D eigenvalue weighted by Gasteiger charge is 2.08. The van der Waals surface area contributed by atoms with Gasteiger partial charge in [0.15, 0.2) is 12.4 Å². The molecule has 0 N–H and O–H groups in total. The van der Waals surface area contributed by atoms with E-state index in [1.807, 2.05) is 36.3 Å². The summed E-state index contributed by atoms with van der Waals surface area (Å²) in [6.07, 6.45) is 5.92. The molecule has 2 aromatic heterocycles. The minimum atomic E-state index is 0.943. The van der Waals surface area contributed by atoms with Gasteiger partial charge in [0.1, 0.15) is 12.6 Å². The van der Waals surface area contributed by atoms with E-state index in [2.05, 4.69) is 31.2 Å². The van der Waals surface area contributed by atoms with Crippen LogP contribution in [-0.4, -0.2) is 0 Å². The minimum absolute atomic E-state index is 0.943. The van der Waals surface area contributed by atoms with Gasteiger partial charge in [-0.15, -0.1) is 0 Å². The monoisotopic (exact) mass is 224 g/mol. The van der Waals surface area contributed by atoms with Crippen molar-refractivity contribution in [2.45, 2.75) is 6.92 Å². The average Bonchev–Trinajstić information content (AvgIpc) is 2.73. The molecule has 0 aliphatic carbocycles. The lowest BCUT2D eigenvalue weighted by Crippen LogP contribution is -2.25. The maximum atomic E-state index is 5.58. The fraction of sp³-hybridized carbons (Fsp3) is 0.133. The van der Waals surface area contributed by atoms with Crippen LogP contribution in [0.2, 0.25) is 0 Å². The molecule has 2 heterocycles. The number of benzene rings is 1. The summed E-state index contributed by atoms with van der Waals surface area (Å²) in [6, 6.07) is 10.5. The molecule has 0 bridgehead atoms. The number of rotatable bonds is 1. The standard InChI is InChI=1S/C15H14NO/c1-11-3-4-15-13(9-11)14(10-17-15)12-5-7-16(2)8-6-12/h3-10H,1-2H3/q+1. The lowest BCUT2D eigenvalue weighted by molar-refractivity contribution is -0.671. The van der Waals surface area contributed by atoms with Gasteiger partial charge in [-0.25, -0.2) is 4.57 Å². The van der Waals surface area contributed by atoms with Gasteiger partial charge in [-0.2, -0.15) is 0 Å². The minimum Gasteiger partial charge on any atom is -0.464 e. The number of aromatic nitrogens is 1. The Kier molecular flexibility index (Phi) is 2.22. The highest BCUT2D eigenvalue weighted by atomic mass is 16.3. The highest BCUT2D eigenvalue weighted by Crippen LogP contribution is 2.30. The SMILES string of the molecule is Cc1ccc2occ(-c3cc[n+](C)cc3)c2c1. The number of hydrogen-bond donors (Lipinski definition) is 0. The fourth-order valence-electron chi connectivity index (χ4n) is 2.05. The van der Waals surface area contributed by atoms with Crippen molar-refractivity contribution in [1.29, 1.82) is 0 Å². The maximum Gasteiger partial charge on any atom is 0.169 e. The Morgan fingerprint density at radius 3 is 2.59 bits per heavy atom. The Hall–Kier alpha value is -2.09. The summed E-state index contributed by atoms with van der Waals surface area (Å²) in [5, 5.41) is 1.18. The Morgan fingerprint density at radius 2 is 1.82 bits per heavy atom. The Labute approximate surface area is 100 Å². The van der Waals surface area contributed by atoms with Crippen LogP contribution in [0, 0.1) is 6.92 Å². The molecule has 0 atom stereocenters. The molecule has 17 heavy (non-hydrogen) atoms. The quantitative estimate of drug-likeness (QED) is 0.580. The van der Waals surface area contributed by atoms with Gasteiger partial charge in [-0.05, 0) is 24.6 Å². The van der Waals surface area contributed by atoms with Crippen LogP contribution in [0.5, 0.6) is 0 Å². The van der Waals surface area contributed by atoms with E-state index in [0.717, 1.165) is 11.1 Å². The third-order valence-electron chi connectivity index (χ3n) is 3.02. The molecule has 2 heteroatoms. The number of hydrogen-bond acceptors (Lipinski definition) is 1. The van der Waals surface area contributed by atoms with Gasteiger partial charge in [0.2, 0.25) is 0 Å². The zero-order valence-electron chi connectivity index (χ0n) is 9.97. The summed E-state index contributed by atoms with van der Waals surface area (Å²) in [6.45, 7) is 2.10. The first-order valence-corrected chi connectivity index (χ1v) is 5.67. The zero-order valence-corrected chi connectivity index (χ0v) is 9.97. The molecule has 0 saturated heterocycles. The van der Waals surface area contributed by atoms with Crippen LogP contribution in [0.25, 0.3) is 22.1 Å². The van der Waals surface area contributed by atoms with Crippen molar-refractivity contribution in [3.8, 4) is 11.1 Å². The van der Waals surface area contributed by atoms with Crippen LogP contribution in [-0.2, 0) is 7.05 Å². The number of furan rings is 1. The van der Waals surface area contributed by atoms with Gasteiger partial charge in [-0.3, -0.25) is 0 Å². The third kappa shape index (κ3) is 1.72. The van der Waals surface area contributed by atoms with Gasteiger partial charge >= 0.3 is 0 Å². The van der Waals surface area contributed by atoms with E-state index in [0.29, 0.717) is 0 Å². The molecular formula is C15H14NO+. The van der Waals surface area contributed by atoms with Gasteiger partial charge in [-0.1, -0.05) is 11.6 Å². The van der Waals surface area contributed by atoms with Crippen LogP contribution in [0.1, 0.15) is 5.56 Å². The predicted octanol–water partition coefficient (Wildman–Crippen LogP) is 3.23. The molecule has 0 spiro atoms. The zero-order chi connectivity index (χ0) is 11.8. The average molecular weight is 224 g/mol. The van der Waals surface area contributed by atoms with Gasteiger partial charge in [0.05, 0.1) is 6.26 Å². The molecule has 3 aromatic rings. The first-order valence-electron chi connectivity index (χ1n) is 5.67. The topological polar surface area (TPSA) is 17.0 Å². The predicted molar refractivity (Wildman–Crippen MR) is 67.6 cm³/mol. The molecule has 84 valence electrons. The van der Waals surface area contributed by atoms with E-state index in [9.17, 15) is 0 Å². The van der Waals surface area contributed by atoms with Crippen LogP contribution < -0.4 is 4.57 Å². The molecule has 0 aliphatic heterocycles. The lowest BCUT2D eigenvalue weighted by atomic mass is 10.0. The summed E-state index contributed by atoms with van der Waals surface area (Å²) in [5.74, 6) is 0. The summed E-state index contributed by atoms with van der Waals surface area (Å²) < 4.78 is 7.61. The van der Waals surface area contributed by atoms with Crippen molar-refractivity contribution in [2.75, 3.05) is 0 Å². The van der Waals surface area contributed by atoms with Crippen molar-refractivity contribution in [3.05, 3.63) is 54.6 Å². The summed E-state index contributed by atoms with van der Waals surface area (Å²) in [5.41, 5.74) is 4.54. The van der Waals surface area contributed by atoms with E-state index < -0.39 is 0 Å². The Balaban J connectivity index is 2.23. The van der Waals surface area contributed by atoms with E-state index in [1.54, 1.807) is 0 Å². The van der Waals surface area contributed by atoms with E-state index >= 15 is 0 Å². The summed E-state index contributed by atoms with van der Waals surface area (Å²) >= 11 is 0. The Bertz CT molecular complexity index is 665. The van der Waals surface area contributed by atoms with Gasteiger partial charge in [0.25, 0.3) is 0 Å². The molecule has 0 unspecified atom stereocenters. The van der Waals surface area contributed by atoms with Crippen LogP contribution in [0.15, 0.2) is 53.4 Å². The van der Waals surface area contributed by atoms with Crippen molar-refractivity contribution in [1.82, 2.24) is 0 Å². The third-order valence-corrected chi connectivity index (χ3v) is 3.02. The first kappa shape index (κ1) is 10.1. The smallest absolute Gasteiger partial charge is 0.169 e. The molecule has 1 aromatic carbocycles. The molecule has 0 radical (unpaired) electrons. The van der Waals surface area contributed by atoms with E-state index in [4.69, 9.17) is 4.42 Å².